The molecule has 0 atom stereocenters. The molecule has 200 valence electrons. The number of para-hydroxylation sites is 2. The quantitative estimate of drug-likeness (QED) is 0.308. The first-order valence-electron chi connectivity index (χ1n) is 13.0. The van der Waals surface area contributed by atoms with Gasteiger partial charge in [-0.1, -0.05) is 55.1 Å². The second-order valence-corrected chi connectivity index (χ2v) is 10.2. The number of rotatable bonds is 9. The standard InChI is InChI=1S/C30H31N5O3S/c1-4-21-10-7-8-20(2)28(21)35-26(18-31-29(37)23-12-14-24(38-3)15-13-23)32-33-30(35)39-19-27(36)34-17-16-22-9-5-6-11-25(22)34/h5-15H,4,16-19H2,1-3H3,(H,31,37). The average molecular weight is 542 g/mol. The van der Waals surface area contributed by atoms with Crippen LogP contribution in [0.2, 0.25) is 0 Å². The monoisotopic (exact) mass is 541 g/mol. The molecule has 5 rings (SSSR count). The molecule has 0 bridgehead atoms. The largest absolute Gasteiger partial charge is 0.497 e. The highest BCUT2D eigenvalue weighted by atomic mass is 32.2. The van der Waals surface area contributed by atoms with E-state index in [1.807, 2.05) is 33.7 Å². The third-order valence-corrected chi connectivity index (χ3v) is 7.81. The van der Waals surface area contributed by atoms with E-state index in [9.17, 15) is 9.59 Å². The summed E-state index contributed by atoms with van der Waals surface area (Å²) in [5, 5.41) is 12.5. The van der Waals surface area contributed by atoms with E-state index in [2.05, 4.69) is 47.6 Å². The van der Waals surface area contributed by atoms with Crippen molar-refractivity contribution in [1.29, 1.82) is 0 Å². The van der Waals surface area contributed by atoms with Crippen molar-refractivity contribution in [3.8, 4) is 11.4 Å². The Labute approximate surface area is 232 Å². The van der Waals surface area contributed by atoms with Gasteiger partial charge >= 0.3 is 0 Å². The number of benzene rings is 3. The molecule has 4 aromatic rings. The molecule has 3 aromatic carbocycles. The zero-order chi connectivity index (χ0) is 27.4. The number of ether oxygens (including phenoxy) is 1. The molecular formula is C30H31N5O3S. The van der Waals surface area contributed by atoms with E-state index in [4.69, 9.17) is 4.74 Å². The van der Waals surface area contributed by atoms with Crippen molar-refractivity contribution in [2.75, 3.05) is 24.3 Å². The Balaban J connectivity index is 1.39. The molecule has 8 nitrogen and oxygen atoms in total. The van der Waals surface area contributed by atoms with Gasteiger partial charge in [-0.15, -0.1) is 10.2 Å². The lowest BCUT2D eigenvalue weighted by Crippen LogP contribution is -2.30. The highest BCUT2D eigenvalue weighted by molar-refractivity contribution is 7.99. The van der Waals surface area contributed by atoms with Gasteiger partial charge in [0.25, 0.3) is 5.91 Å². The van der Waals surface area contributed by atoms with Gasteiger partial charge in [-0.25, -0.2) is 0 Å². The molecule has 1 aromatic heterocycles. The van der Waals surface area contributed by atoms with Gasteiger partial charge in [-0.2, -0.15) is 0 Å². The van der Waals surface area contributed by atoms with Crippen molar-refractivity contribution >= 4 is 29.3 Å². The van der Waals surface area contributed by atoms with Gasteiger partial charge in [0.1, 0.15) is 5.75 Å². The fourth-order valence-corrected chi connectivity index (χ4v) is 5.70. The third kappa shape index (κ3) is 5.54. The number of anilines is 1. The summed E-state index contributed by atoms with van der Waals surface area (Å²) in [6.45, 7) is 5.03. The van der Waals surface area contributed by atoms with Crippen LogP contribution in [0.25, 0.3) is 5.69 Å². The summed E-state index contributed by atoms with van der Waals surface area (Å²) in [6.07, 6.45) is 1.68. The van der Waals surface area contributed by atoms with E-state index in [-0.39, 0.29) is 24.1 Å². The average Bonchev–Trinajstić information content (AvgIpc) is 3.58. The Hall–Kier alpha value is -4.11. The van der Waals surface area contributed by atoms with Crippen LogP contribution in [-0.4, -0.2) is 46.0 Å². The van der Waals surface area contributed by atoms with Crippen molar-refractivity contribution in [3.63, 3.8) is 0 Å². The number of hydrogen-bond donors (Lipinski definition) is 1. The Kier molecular flexibility index (Phi) is 7.97. The number of carbonyl (C=O) groups excluding carboxylic acids is 2. The molecule has 0 saturated heterocycles. The van der Waals surface area contributed by atoms with E-state index < -0.39 is 0 Å². The number of methoxy groups -OCH3 is 1. The number of amides is 2. The highest BCUT2D eigenvalue weighted by Crippen LogP contribution is 2.31. The molecule has 2 amide bonds. The minimum atomic E-state index is -0.218. The molecule has 1 aliphatic heterocycles. The van der Waals surface area contributed by atoms with E-state index in [1.165, 1.54) is 17.3 Å². The van der Waals surface area contributed by atoms with Crippen LogP contribution < -0.4 is 15.0 Å². The molecule has 0 radical (unpaired) electrons. The van der Waals surface area contributed by atoms with E-state index >= 15 is 0 Å². The number of nitrogens with one attached hydrogen (secondary N) is 1. The molecule has 1 aliphatic rings. The van der Waals surface area contributed by atoms with Gasteiger partial charge in [0.2, 0.25) is 5.91 Å². The molecule has 2 heterocycles. The molecule has 0 spiro atoms. The zero-order valence-electron chi connectivity index (χ0n) is 22.3. The Morgan fingerprint density at radius 1 is 1.03 bits per heavy atom. The molecule has 0 unspecified atom stereocenters. The Bertz CT molecular complexity index is 1500. The first-order chi connectivity index (χ1) is 19.0. The number of carbonyl (C=O) groups is 2. The summed E-state index contributed by atoms with van der Waals surface area (Å²) in [5.74, 6) is 1.34. The Morgan fingerprint density at radius 3 is 2.59 bits per heavy atom. The third-order valence-electron chi connectivity index (χ3n) is 6.90. The molecule has 1 N–H and O–H groups in total. The van der Waals surface area contributed by atoms with Gasteiger partial charge in [0.05, 0.1) is 25.1 Å². The van der Waals surface area contributed by atoms with E-state index in [1.54, 1.807) is 31.4 Å². The number of aryl methyl sites for hydroxylation is 2. The predicted octanol–water partition coefficient (Wildman–Crippen LogP) is 4.76. The summed E-state index contributed by atoms with van der Waals surface area (Å²) < 4.78 is 7.17. The maximum absolute atomic E-state index is 13.2. The maximum Gasteiger partial charge on any atom is 0.251 e. The van der Waals surface area contributed by atoms with Gasteiger partial charge in [0.15, 0.2) is 11.0 Å². The molecule has 0 saturated carbocycles. The molecule has 39 heavy (non-hydrogen) atoms. The first-order valence-corrected chi connectivity index (χ1v) is 13.9. The summed E-state index contributed by atoms with van der Waals surface area (Å²) in [6, 6.07) is 21.2. The van der Waals surface area contributed by atoms with Crippen molar-refractivity contribution in [3.05, 3.63) is 94.8 Å². The van der Waals surface area contributed by atoms with Gasteiger partial charge in [-0.05, 0) is 66.8 Å². The van der Waals surface area contributed by atoms with E-state index in [0.717, 1.165) is 35.3 Å². The number of thioether (sulfide) groups is 1. The summed E-state index contributed by atoms with van der Waals surface area (Å²) in [7, 11) is 1.59. The second kappa shape index (κ2) is 11.7. The van der Waals surface area contributed by atoms with Crippen LogP contribution in [0.3, 0.4) is 0 Å². The maximum atomic E-state index is 13.2. The Morgan fingerprint density at radius 2 is 1.82 bits per heavy atom. The fourth-order valence-electron chi connectivity index (χ4n) is 4.86. The smallest absolute Gasteiger partial charge is 0.251 e. The van der Waals surface area contributed by atoms with Crippen LogP contribution in [0.1, 0.15) is 39.8 Å². The van der Waals surface area contributed by atoms with Crippen LogP contribution in [0.15, 0.2) is 71.9 Å². The van der Waals surface area contributed by atoms with Crippen LogP contribution in [0.5, 0.6) is 5.75 Å². The summed E-state index contributed by atoms with van der Waals surface area (Å²) in [5.41, 5.74) is 5.90. The van der Waals surface area contributed by atoms with Gasteiger partial charge < -0.3 is 15.0 Å². The van der Waals surface area contributed by atoms with Gasteiger partial charge in [-0.3, -0.25) is 14.2 Å². The highest BCUT2D eigenvalue weighted by Gasteiger charge is 2.26. The molecule has 9 heteroatoms. The van der Waals surface area contributed by atoms with Crippen LogP contribution in [-0.2, 0) is 24.2 Å². The molecule has 0 aliphatic carbocycles. The SMILES string of the molecule is CCc1cccc(C)c1-n1c(CNC(=O)c2ccc(OC)cc2)nnc1SCC(=O)N1CCc2ccccc21. The summed E-state index contributed by atoms with van der Waals surface area (Å²) in [4.78, 5) is 27.9. The minimum Gasteiger partial charge on any atom is -0.497 e. The zero-order valence-corrected chi connectivity index (χ0v) is 23.1. The minimum absolute atomic E-state index is 0.0364. The fraction of sp³-hybridized carbons (Fsp3) is 0.267. The van der Waals surface area contributed by atoms with Crippen LogP contribution in [0, 0.1) is 6.92 Å². The van der Waals surface area contributed by atoms with Crippen molar-refractivity contribution in [2.24, 2.45) is 0 Å². The lowest BCUT2D eigenvalue weighted by atomic mass is 10.1. The van der Waals surface area contributed by atoms with E-state index in [0.29, 0.717) is 28.8 Å². The predicted molar refractivity (Wildman–Crippen MR) is 153 cm³/mol. The molecular weight excluding hydrogens is 510 g/mol. The second-order valence-electron chi connectivity index (χ2n) is 9.29. The lowest BCUT2D eigenvalue weighted by Gasteiger charge is -2.19. The van der Waals surface area contributed by atoms with Crippen molar-refractivity contribution in [2.45, 2.75) is 38.4 Å². The number of nitrogens with zero attached hydrogens (tertiary/aromatic N) is 4. The number of fused-ring (bicyclic) bond motifs is 1. The topological polar surface area (TPSA) is 89.4 Å². The number of aromatic nitrogens is 3. The normalized spacial score (nSPS) is 12.3. The van der Waals surface area contributed by atoms with Crippen LogP contribution >= 0.6 is 11.8 Å². The summed E-state index contributed by atoms with van der Waals surface area (Å²) >= 11 is 1.37. The van der Waals surface area contributed by atoms with Gasteiger partial charge in [0, 0.05) is 17.8 Å². The number of hydrogen-bond acceptors (Lipinski definition) is 6. The van der Waals surface area contributed by atoms with Crippen molar-refractivity contribution < 1.29 is 14.3 Å². The molecule has 0 fully saturated rings. The lowest BCUT2D eigenvalue weighted by molar-refractivity contribution is -0.116. The van der Waals surface area contributed by atoms with Crippen LogP contribution in [0.4, 0.5) is 5.69 Å². The van der Waals surface area contributed by atoms with Crippen molar-refractivity contribution in [1.82, 2.24) is 20.1 Å². The first kappa shape index (κ1) is 26.5.